The summed E-state index contributed by atoms with van der Waals surface area (Å²) in [5.74, 6) is 0.147. The molecule has 112 valence electrons. The van der Waals surface area contributed by atoms with Crippen LogP contribution in [-0.4, -0.2) is 11.2 Å². The summed E-state index contributed by atoms with van der Waals surface area (Å²) in [6.45, 7) is 8.74. The molecule has 1 N–H and O–H groups in total. The molecule has 0 saturated carbocycles. The summed E-state index contributed by atoms with van der Waals surface area (Å²) in [6, 6.07) is 18.8. The highest BCUT2D eigenvalue weighted by Crippen LogP contribution is 2.25. The maximum Gasteiger partial charge on any atom is 0.0646 e. The molecule has 2 aromatic rings. The quantitative estimate of drug-likeness (QED) is 0.862. The van der Waals surface area contributed by atoms with Crippen molar-refractivity contribution >= 4 is 0 Å². The molecule has 0 amide bonds. The first-order valence-electron chi connectivity index (χ1n) is 7.70. The van der Waals surface area contributed by atoms with Gasteiger partial charge < -0.3 is 5.11 Å². The Labute approximate surface area is 128 Å². The number of hydrogen-bond donors (Lipinski definition) is 1. The smallest absolute Gasteiger partial charge is 0.0646 e. The number of aliphatic hydroxyl groups excluding tert-OH is 1. The fourth-order valence-corrected chi connectivity index (χ4v) is 2.54. The minimum absolute atomic E-state index is 0.147. The van der Waals surface area contributed by atoms with Crippen LogP contribution in [0.15, 0.2) is 54.6 Å². The highest BCUT2D eigenvalue weighted by molar-refractivity contribution is 5.28. The van der Waals surface area contributed by atoms with Crippen molar-refractivity contribution < 1.29 is 5.11 Å². The van der Waals surface area contributed by atoms with E-state index in [0.717, 1.165) is 0 Å². The Bertz CT molecular complexity index is 549. The fourth-order valence-electron chi connectivity index (χ4n) is 2.54. The second kappa shape index (κ2) is 6.44. The van der Waals surface area contributed by atoms with E-state index in [1.54, 1.807) is 0 Å². The molecule has 0 aliphatic rings. The minimum atomic E-state index is -0.354. The second-order valence-electron chi connectivity index (χ2n) is 6.92. The van der Waals surface area contributed by atoms with Crippen molar-refractivity contribution in [2.24, 2.45) is 0 Å². The molecular formula is C20H26O. The molecule has 0 radical (unpaired) electrons. The first kappa shape index (κ1) is 15.8. The molecule has 2 rings (SSSR count). The van der Waals surface area contributed by atoms with Crippen molar-refractivity contribution in [3.8, 4) is 0 Å². The molecular weight excluding hydrogens is 256 g/mol. The molecule has 0 aliphatic carbocycles. The molecule has 1 heteroatoms. The van der Waals surface area contributed by atoms with Gasteiger partial charge in [-0.15, -0.1) is 0 Å². The molecule has 0 bridgehead atoms. The third-order valence-corrected chi connectivity index (χ3v) is 4.17. The largest absolute Gasteiger partial charge is 0.392 e. The lowest BCUT2D eigenvalue weighted by Gasteiger charge is -2.21. The molecule has 0 aliphatic heterocycles. The van der Waals surface area contributed by atoms with Crippen LogP contribution in [0.1, 0.15) is 50.3 Å². The Balaban J connectivity index is 2.04. The van der Waals surface area contributed by atoms with Crippen LogP contribution in [0, 0.1) is 0 Å². The Hall–Kier alpha value is -1.60. The number of benzene rings is 2. The van der Waals surface area contributed by atoms with E-state index in [2.05, 4.69) is 64.1 Å². The van der Waals surface area contributed by atoms with E-state index in [9.17, 15) is 5.11 Å². The van der Waals surface area contributed by atoms with Crippen molar-refractivity contribution in [1.29, 1.82) is 0 Å². The second-order valence-corrected chi connectivity index (χ2v) is 6.92. The Kier molecular flexibility index (Phi) is 4.84. The SMILES string of the molecule is CC(c1ccccc1)C(O)Cc1ccc(C(C)(C)C)cc1. The van der Waals surface area contributed by atoms with Gasteiger partial charge in [-0.1, -0.05) is 82.3 Å². The standard InChI is InChI=1S/C20H26O/c1-15(17-8-6-5-7-9-17)19(21)14-16-10-12-18(13-11-16)20(2,3)4/h5-13,15,19,21H,14H2,1-4H3. The van der Waals surface area contributed by atoms with Crippen LogP contribution in [0.5, 0.6) is 0 Å². The lowest BCUT2D eigenvalue weighted by Crippen LogP contribution is -2.19. The maximum atomic E-state index is 10.5. The van der Waals surface area contributed by atoms with Crippen molar-refractivity contribution in [2.45, 2.75) is 51.6 Å². The molecule has 2 atom stereocenters. The minimum Gasteiger partial charge on any atom is -0.392 e. The van der Waals surface area contributed by atoms with Gasteiger partial charge >= 0.3 is 0 Å². The van der Waals surface area contributed by atoms with Crippen LogP contribution in [0.3, 0.4) is 0 Å². The zero-order valence-corrected chi connectivity index (χ0v) is 13.5. The predicted molar refractivity (Wildman–Crippen MR) is 89.7 cm³/mol. The molecule has 1 nitrogen and oxygen atoms in total. The van der Waals surface area contributed by atoms with E-state index in [1.165, 1.54) is 16.7 Å². The van der Waals surface area contributed by atoms with Crippen LogP contribution in [-0.2, 0) is 11.8 Å². The van der Waals surface area contributed by atoms with Crippen LogP contribution in [0.25, 0.3) is 0 Å². The van der Waals surface area contributed by atoms with E-state index in [1.807, 2.05) is 18.2 Å². The van der Waals surface area contributed by atoms with Gasteiger partial charge in [0, 0.05) is 5.92 Å². The van der Waals surface area contributed by atoms with Crippen LogP contribution in [0.2, 0.25) is 0 Å². The first-order chi connectivity index (χ1) is 9.88. The van der Waals surface area contributed by atoms with Crippen molar-refractivity contribution in [3.63, 3.8) is 0 Å². The first-order valence-corrected chi connectivity index (χ1v) is 7.70. The van der Waals surface area contributed by atoms with Crippen molar-refractivity contribution in [1.82, 2.24) is 0 Å². The van der Waals surface area contributed by atoms with E-state index < -0.39 is 0 Å². The average molecular weight is 282 g/mol. The van der Waals surface area contributed by atoms with Crippen LogP contribution >= 0.6 is 0 Å². The molecule has 2 unspecified atom stereocenters. The van der Waals surface area contributed by atoms with Gasteiger partial charge in [-0.25, -0.2) is 0 Å². The fraction of sp³-hybridized carbons (Fsp3) is 0.400. The summed E-state index contributed by atoms with van der Waals surface area (Å²) in [5, 5.41) is 10.5. The monoisotopic (exact) mass is 282 g/mol. The Morgan fingerprint density at radius 2 is 1.48 bits per heavy atom. The summed E-state index contributed by atoms with van der Waals surface area (Å²) < 4.78 is 0. The molecule has 0 fully saturated rings. The molecule has 0 heterocycles. The zero-order valence-electron chi connectivity index (χ0n) is 13.5. The van der Waals surface area contributed by atoms with E-state index in [4.69, 9.17) is 0 Å². The van der Waals surface area contributed by atoms with Crippen LogP contribution in [0.4, 0.5) is 0 Å². The van der Waals surface area contributed by atoms with Gasteiger partial charge in [-0.3, -0.25) is 0 Å². The van der Waals surface area contributed by atoms with Crippen LogP contribution < -0.4 is 0 Å². The summed E-state index contributed by atoms with van der Waals surface area (Å²) in [6.07, 6.45) is 0.341. The topological polar surface area (TPSA) is 20.2 Å². The molecule has 21 heavy (non-hydrogen) atoms. The highest BCUT2D eigenvalue weighted by Gasteiger charge is 2.17. The molecule has 0 saturated heterocycles. The zero-order chi connectivity index (χ0) is 15.5. The summed E-state index contributed by atoms with van der Waals surface area (Å²) in [5.41, 5.74) is 3.89. The van der Waals surface area contributed by atoms with E-state index in [0.29, 0.717) is 6.42 Å². The number of aliphatic hydroxyl groups is 1. The molecule has 2 aromatic carbocycles. The van der Waals surface area contributed by atoms with Gasteiger partial charge in [-0.05, 0) is 28.5 Å². The molecule has 0 aromatic heterocycles. The molecule has 0 spiro atoms. The number of hydrogen-bond acceptors (Lipinski definition) is 1. The predicted octanol–water partition coefficient (Wildman–Crippen LogP) is 4.69. The Morgan fingerprint density at radius 1 is 0.905 bits per heavy atom. The lowest BCUT2D eigenvalue weighted by atomic mass is 9.85. The lowest BCUT2D eigenvalue weighted by molar-refractivity contribution is 0.149. The van der Waals surface area contributed by atoms with Gasteiger partial charge in [0.25, 0.3) is 0 Å². The maximum absolute atomic E-state index is 10.5. The summed E-state index contributed by atoms with van der Waals surface area (Å²) in [4.78, 5) is 0. The van der Waals surface area contributed by atoms with Crippen molar-refractivity contribution in [2.75, 3.05) is 0 Å². The van der Waals surface area contributed by atoms with Gasteiger partial charge in [0.1, 0.15) is 0 Å². The normalized spacial score (nSPS) is 14.7. The average Bonchev–Trinajstić information content (AvgIpc) is 2.47. The van der Waals surface area contributed by atoms with Gasteiger partial charge in [0.05, 0.1) is 6.10 Å². The van der Waals surface area contributed by atoms with E-state index >= 15 is 0 Å². The summed E-state index contributed by atoms with van der Waals surface area (Å²) in [7, 11) is 0. The third-order valence-electron chi connectivity index (χ3n) is 4.17. The Morgan fingerprint density at radius 3 is 2.00 bits per heavy atom. The summed E-state index contributed by atoms with van der Waals surface area (Å²) >= 11 is 0. The van der Waals surface area contributed by atoms with Gasteiger partial charge in [0.15, 0.2) is 0 Å². The van der Waals surface area contributed by atoms with Gasteiger partial charge in [0.2, 0.25) is 0 Å². The van der Waals surface area contributed by atoms with Crippen molar-refractivity contribution in [3.05, 3.63) is 71.3 Å². The third kappa shape index (κ3) is 4.18. The highest BCUT2D eigenvalue weighted by atomic mass is 16.3. The van der Waals surface area contributed by atoms with E-state index in [-0.39, 0.29) is 17.4 Å². The number of rotatable bonds is 4. The van der Waals surface area contributed by atoms with Gasteiger partial charge in [-0.2, -0.15) is 0 Å².